The highest BCUT2D eigenvalue weighted by atomic mass is 16.3. The van der Waals surface area contributed by atoms with Crippen LogP contribution in [-0.2, 0) is 4.79 Å². The molecule has 0 bridgehead atoms. The second-order valence-electron chi connectivity index (χ2n) is 5.64. The fraction of sp³-hybridized carbons (Fsp3) is 0.471. The predicted octanol–water partition coefficient (Wildman–Crippen LogP) is 2.16. The lowest BCUT2D eigenvalue weighted by Gasteiger charge is -2.33. The van der Waals surface area contributed by atoms with E-state index in [1.165, 1.54) is 6.92 Å². The molecule has 3 heteroatoms. The van der Waals surface area contributed by atoms with Crippen LogP contribution in [0.15, 0.2) is 24.3 Å². The second-order valence-corrected chi connectivity index (χ2v) is 5.64. The van der Waals surface area contributed by atoms with Gasteiger partial charge in [-0.25, -0.2) is 0 Å². The Bertz CT molecular complexity index is 556. The van der Waals surface area contributed by atoms with Crippen LogP contribution in [0.3, 0.4) is 0 Å². The van der Waals surface area contributed by atoms with Crippen molar-refractivity contribution >= 4 is 5.91 Å². The lowest BCUT2D eigenvalue weighted by Crippen LogP contribution is -2.44. The number of carbonyl (C=O) groups excluding carboxylic acids is 1. The number of hydrogen-bond acceptors (Lipinski definition) is 2. The van der Waals surface area contributed by atoms with Gasteiger partial charge in [0.2, 0.25) is 5.91 Å². The molecule has 1 amide bonds. The summed E-state index contributed by atoms with van der Waals surface area (Å²) in [5, 5.41) is 13.4. The summed E-state index contributed by atoms with van der Waals surface area (Å²) in [6, 6.07) is 7.96. The third kappa shape index (κ3) is 4.11. The van der Waals surface area contributed by atoms with Gasteiger partial charge in [-0.05, 0) is 43.9 Å². The summed E-state index contributed by atoms with van der Waals surface area (Å²) >= 11 is 0. The van der Waals surface area contributed by atoms with E-state index in [-0.39, 0.29) is 11.9 Å². The van der Waals surface area contributed by atoms with Crippen LogP contribution in [-0.4, -0.2) is 22.7 Å². The number of benzene rings is 1. The number of aryl methyl sites for hydroxylation is 1. The number of rotatable bonds is 1. The summed E-state index contributed by atoms with van der Waals surface area (Å²) in [5.74, 6) is 6.01. The summed E-state index contributed by atoms with van der Waals surface area (Å²) in [6.07, 6.45) is 2.96. The third-order valence-electron chi connectivity index (χ3n) is 3.59. The molecule has 0 aromatic heterocycles. The van der Waals surface area contributed by atoms with E-state index < -0.39 is 5.60 Å². The first-order valence-electron chi connectivity index (χ1n) is 7.06. The van der Waals surface area contributed by atoms with E-state index in [4.69, 9.17) is 0 Å². The Morgan fingerprint density at radius 3 is 3.00 bits per heavy atom. The molecule has 1 fully saturated rings. The summed E-state index contributed by atoms with van der Waals surface area (Å²) < 4.78 is 0. The lowest BCUT2D eigenvalue weighted by molar-refractivity contribution is -0.120. The van der Waals surface area contributed by atoms with E-state index in [0.29, 0.717) is 12.8 Å². The van der Waals surface area contributed by atoms with Crippen LogP contribution in [0.5, 0.6) is 0 Å². The average Bonchev–Trinajstić information content (AvgIpc) is 2.36. The molecule has 1 aliphatic rings. The lowest BCUT2D eigenvalue weighted by atomic mass is 9.82. The molecule has 2 N–H and O–H groups in total. The van der Waals surface area contributed by atoms with Crippen LogP contribution in [0, 0.1) is 18.8 Å². The van der Waals surface area contributed by atoms with Crippen LogP contribution >= 0.6 is 0 Å². The van der Waals surface area contributed by atoms with Crippen molar-refractivity contribution in [2.24, 2.45) is 0 Å². The fourth-order valence-electron chi connectivity index (χ4n) is 2.69. The maximum absolute atomic E-state index is 11.1. The Balaban J connectivity index is 2.09. The monoisotopic (exact) mass is 271 g/mol. The van der Waals surface area contributed by atoms with Gasteiger partial charge < -0.3 is 10.4 Å². The minimum Gasteiger partial charge on any atom is -0.378 e. The normalized spacial score (nSPS) is 25.4. The fourth-order valence-corrected chi connectivity index (χ4v) is 2.69. The zero-order valence-electron chi connectivity index (χ0n) is 12.1. The zero-order chi connectivity index (χ0) is 14.6. The molecule has 106 valence electrons. The van der Waals surface area contributed by atoms with Gasteiger partial charge in [-0.15, -0.1) is 0 Å². The van der Waals surface area contributed by atoms with Gasteiger partial charge in [-0.3, -0.25) is 4.79 Å². The van der Waals surface area contributed by atoms with Crippen molar-refractivity contribution in [2.45, 2.75) is 51.2 Å². The molecule has 1 saturated carbocycles. The molecule has 0 radical (unpaired) electrons. The second kappa shape index (κ2) is 6.11. The molecule has 1 aromatic carbocycles. The third-order valence-corrected chi connectivity index (χ3v) is 3.59. The first kappa shape index (κ1) is 14.6. The van der Waals surface area contributed by atoms with Gasteiger partial charge in [0.15, 0.2) is 0 Å². The molecule has 2 atom stereocenters. The molecule has 1 aromatic rings. The molecule has 0 saturated heterocycles. The van der Waals surface area contributed by atoms with Gasteiger partial charge in [0.25, 0.3) is 0 Å². The average molecular weight is 271 g/mol. The quantitative estimate of drug-likeness (QED) is 0.769. The molecule has 1 unspecified atom stereocenters. The van der Waals surface area contributed by atoms with Gasteiger partial charge in [0, 0.05) is 24.9 Å². The van der Waals surface area contributed by atoms with Gasteiger partial charge in [0.05, 0.1) is 0 Å². The molecule has 20 heavy (non-hydrogen) atoms. The van der Waals surface area contributed by atoms with Crippen molar-refractivity contribution in [2.75, 3.05) is 0 Å². The standard InChI is InChI=1S/C17H21NO2/c1-13-5-3-6-15(11-13)8-10-17(20)9-4-7-16(12-17)18-14(2)19/h3,5-6,11,16,20H,4,7,9,12H2,1-2H3,(H,18,19)/t16?,17-/m1/s1. The van der Waals surface area contributed by atoms with Crippen LogP contribution in [0.4, 0.5) is 0 Å². The van der Waals surface area contributed by atoms with Crippen molar-refractivity contribution in [1.82, 2.24) is 5.32 Å². The van der Waals surface area contributed by atoms with Crippen LogP contribution in [0.2, 0.25) is 0 Å². The van der Waals surface area contributed by atoms with Crippen molar-refractivity contribution < 1.29 is 9.90 Å². The highest BCUT2D eigenvalue weighted by Crippen LogP contribution is 2.28. The topological polar surface area (TPSA) is 49.3 Å². The number of nitrogens with one attached hydrogen (secondary N) is 1. The Morgan fingerprint density at radius 2 is 2.30 bits per heavy atom. The van der Waals surface area contributed by atoms with Gasteiger partial charge in [-0.2, -0.15) is 0 Å². The summed E-state index contributed by atoms with van der Waals surface area (Å²) in [5.41, 5.74) is 1.08. The molecular weight excluding hydrogens is 250 g/mol. The van der Waals surface area contributed by atoms with Crippen LogP contribution < -0.4 is 5.32 Å². The summed E-state index contributed by atoms with van der Waals surface area (Å²) in [6.45, 7) is 3.53. The highest BCUT2D eigenvalue weighted by Gasteiger charge is 2.33. The van der Waals surface area contributed by atoms with Crippen molar-refractivity contribution in [3.05, 3.63) is 35.4 Å². The first-order chi connectivity index (χ1) is 9.47. The Morgan fingerprint density at radius 1 is 1.50 bits per heavy atom. The van der Waals surface area contributed by atoms with Crippen molar-refractivity contribution in [3.63, 3.8) is 0 Å². The maximum Gasteiger partial charge on any atom is 0.217 e. The first-order valence-corrected chi connectivity index (χ1v) is 7.06. The van der Waals surface area contributed by atoms with E-state index >= 15 is 0 Å². The summed E-state index contributed by atoms with van der Waals surface area (Å²) in [4.78, 5) is 11.1. The number of amides is 1. The predicted molar refractivity (Wildman–Crippen MR) is 79.1 cm³/mol. The minimum absolute atomic E-state index is 0.0260. The number of aliphatic hydroxyl groups is 1. The van der Waals surface area contributed by atoms with Gasteiger partial charge in [0.1, 0.15) is 5.60 Å². The molecule has 3 nitrogen and oxygen atoms in total. The molecule has 1 aliphatic carbocycles. The summed E-state index contributed by atoms with van der Waals surface area (Å²) in [7, 11) is 0. The van der Waals surface area contributed by atoms with Crippen molar-refractivity contribution in [1.29, 1.82) is 0 Å². The Labute approximate surface area is 120 Å². The molecule has 0 heterocycles. The maximum atomic E-state index is 11.1. The van der Waals surface area contributed by atoms with E-state index in [1.807, 2.05) is 31.2 Å². The minimum atomic E-state index is -0.991. The van der Waals surface area contributed by atoms with E-state index in [1.54, 1.807) is 0 Å². The number of hydrogen-bond donors (Lipinski definition) is 2. The van der Waals surface area contributed by atoms with E-state index in [2.05, 4.69) is 17.2 Å². The number of carbonyl (C=O) groups is 1. The van der Waals surface area contributed by atoms with Gasteiger partial charge >= 0.3 is 0 Å². The smallest absolute Gasteiger partial charge is 0.217 e. The van der Waals surface area contributed by atoms with Crippen LogP contribution in [0.1, 0.15) is 43.7 Å². The van der Waals surface area contributed by atoms with Crippen molar-refractivity contribution in [3.8, 4) is 11.8 Å². The largest absolute Gasteiger partial charge is 0.378 e. The molecule has 0 spiro atoms. The van der Waals surface area contributed by atoms with Crippen LogP contribution in [0.25, 0.3) is 0 Å². The zero-order valence-corrected chi connectivity index (χ0v) is 12.1. The van der Waals surface area contributed by atoms with Gasteiger partial charge in [-0.1, -0.05) is 24.0 Å². The molecule has 0 aliphatic heterocycles. The van der Waals surface area contributed by atoms with E-state index in [9.17, 15) is 9.90 Å². The van der Waals surface area contributed by atoms with E-state index in [0.717, 1.165) is 24.0 Å². The Hall–Kier alpha value is -1.79. The SMILES string of the molecule is CC(=O)NC1CCC[C@@](O)(C#Cc2cccc(C)c2)C1. The Kier molecular flexibility index (Phi) is 4.46. The molecule has 2 rings (SSSR count). The highest BCUT2D eigenvalue weighted by molar-refractivity contribution is 5.73. The molecular formula is C17H21NO2.